The largest absolute Gasteiger partial charge is 0.497 e. The molecule has 118 valence electrons. The van der Waals surface area contributed by atoms with E-state index in [1.165, 1.54) is 29.6 Å². The summed E-state index contributed by atoms with van der Waals surface area (Å²) in [4.78, 5) is 11.0. The molecule has 0 bridgehead atoms. The van der Waals surface area contributed by atoms with Gasteiger partial charge in [-0.25, -0.2) is 8.42 Å². The molecule has 1 aromatic rings. The van der Waals surface area contributed by atoms with Crippen LogP contribution in [0, 0.1) is 0 Å². The van der Waals surface area contributed by atoms with E-state index < -0.39 is 16.0 Å². The summed E-state index contributed by atoms with van der Waals surface area (Å²) in [6.45, 7) is 4.39. The zero-order valence-electron chi connectivity index (χ0n) is 12.5. The molecule has 1 aromatic carbocycles. The maximum atomic E-state index is 12.6. The molecule has 1 rings (SSSR count). The van der Waals surface area contributed by atoms with E-state index in [0.717, 1.165) is 0 Å². The Balaban J connectivity index is 3.35. The number of sulfonamides is 1. The van der Waals surface area contributed by atoms with E-state index in [1.807, 2.05) is 6.92 Å². The first-order valence-corrected chi connectivity index (χ1v) is 8.19. The molecule has 0 unspecified atom stereocenters. The van der Waals surface area contributed by atoms with Crippen LogP contribution in [0.2, 0.25) is 0 Å². The number of carboxylic acid groups (broad SMARTS) is 1. The normalized spacial score (nSPS) is 11.6. The lowest BCUT2D eigenvalue weighted by molar-refractivity contribution is -0.136. The molecule has 0 aliphatic carbocycles. The van der Waals surface area contributed by atoms with Gasteiger partial charge in [-0.2, -0.15) is 4.31 Å². The van der Waals surface area contributed by atoms with E-state index >= 15 is 0 Å². The number of carboxylic acids is 1. The van der Waals surface area contributed by atoms with Gasteiger partial charge < -0.3 is 9.84 Å². The highest BCUT2D eigenvalue weighted by molar-refractivity contribution is 7.89. The SMILES string of the molecule is CCCN(CC)S(=O)(=O)c1ccc(OC)cc1CC(=O)O. The van der Waals surface area contributed by atoms with Crippen LogP contribution < -0.4 is 4.74 Å². The summed E-state index contributed by atoms with van der Waals surface area (Å²) in [5.41, 5.74) is 0.233. The summed E-state index contributed by atoms with van der Waals surface area (Å²) in [5, 5.41) is 8.97. The van der Waals surface area contributed by atoms with E-state index in [1.54, 1.807) is 6.92 Å². The number of benzene rings is 1. The Bertz CT molecular complexity index is 597. The topological polar surface area (TPSA) is 83.9 Å². The smallest absolute Gasteiger partial charge is 0.307 e. The van der Waals surface area contributed by atoms with E-state index in [0.29, 0.717) is 25.3 Å². The van der Waals surface area contributed by atoms with Gasteiger partial charge in [0.25, 0.3) is 0 Å². The van der Waals surface area contributed by atoms with Gasteiger partial charge in [0.2, 0.25) is 10.0 Å². The van der Waals surface area contributed by atoms with Crippen LogP contribution in [0.4, 0.5) is 0 Å². The van der Waals surface area contributed by atoms with Gasteiger partial charge >= 0.3 is 5.97 Å². The standard InChI is InChI=1S/C14H21NO5S/c1-4-8-15(5-2)21(18,19)13-7-6-12(20-3)9-11(13)10-14(16)17/h6-7,9H,4-5,8,10H2,1-3H3,(H,16,17). The Morgan fingerprint density at radius 2 is 2.00 bits per heavy atom. The van der Waals surface area contributed by atoms with Gasteiger partial charge in [0, 0.05) is 13.1 Å². The molecular formula is C14H21NO5S. The van der Waals surface area contributed by atoms with Crippen molar-refractivity contribution in [3.05, 3.63) is 23.8 Å². The van der Waals surface area contributed by atoms with Crippen LogP contribution in [0.15, 0.2) is 23.1 Å². The molecule has 7 heteroatoms. The molecule has 0 aliphatic heterocycles. The summed E-state index contributed by atoms with van der Waals surface area (Å²) in [6.07, 6.45) is 0.326. The third kappa shape index (κ3) is 4.18. The second-order valence-electron chi connectivity index (χ2n) is 4.54. The summed E-state index contributed by atoms with van der Waals surface area (Å²) in [6, 6.07) is 4.39. The maximum absolute atomic E-state index is 12.6. The van der Waals surface area contributed by atoms with Crippen molar-refractivity contribution in [3.63, 3.8) is 0 Å². The first-order chi connectivity index (χ1) is 9.86. The van der Waals surface area contributed by atoms with Gasteiger partial charge in [0.15, 0.2) is 0 Å². The van der Waals surface area contributed by atoms with Crippen LogP contribution in [-0.2, 0) is 21.2 Å². The van der Waals surface area contributed by atoms with Crippen molar-refractivity contribution >= 4 is 16.0 Å². The lowest BCUT2D eigenvalue weighted by Gasteiger charge is -2.21. The zero-order valence-corrected chi connectivity index (χ0v) is 13.3. The summed E-state index contributed by atoms with van der Waals surface area (Å²) in [5.74, 6) is -0.651. The van der Waals surface area contributed by atoms with Crippen LogP contribution in [-0.4, -0.2) is 44.0 Å². The highest BCUT2D eigenvalue weighted by Crippen LogP contribution is 2.25. The fourth-order valence-corrected chi connectivity index (χ4v) is 3.82. The summed E-state index contributed by atoms with van der Waals surface area (Å²) in [7, 11) is -2.25. The van der Waals surface area contributed by atoms with Crippen molar-refractivity contribution in [1.82, 2.24) is 4.31 Å². The minimum absolute atomic E-state index is 0.0287. The van der Waals surface area contributed by atoms with Crippen LogP contribution in [0.5, 0.6) is 5.75 Å². The van der Waals surface area contributed by atoms with Crippen LogP contribution in [0.3, 0.4) is 0 Å². The van der Waals surface area contributed by atoms with Crippen molar-refractivity contribution in [3.8, 4) is 5.75 Å². The molecule has 1 N–H and O–H groups in total. The molecule has 0 aliphatic rings. The first-order valence-electron chi connectivity index (χ1n) is 6.75. The molecule has 0 fully saturated rings. The first kappa shape index (κ1) is 17.5. The number of hydrogen-bond donors (Lipinski definition) is 1. The average Bonchev–Trinajstić information content (AvgIpc) is 2.43. The zero-order chi connectivity index (χ0) is 16.0. The van der Waals surface area contributed by atoms with Gasteiger partial charge in [-0.1, -0.05) is 13.8 Å². The average molecular weight is 315 g/mol. The number of aliphatic carboxylic acids is 1. The molecule has 0 amide bonds. The second-order valence-corrected chi connectivity index (χ2v) is 6.45. The quantitative estimate of drug-likeness (QED) is 0.790. The van der Waals surface area contributed by atoms with E-state index in [2.05, 4.69) is 0 Å². The minimum atomic E-state index is -3.70. The molecular weight excluding hydrogens is 294 g/mol. The van der Waals surface area contributed by atoms with Crippen molar-refractivity contribution in [2.24, 2.45) is 0 Å². The molecule has 0 radical (unpaired) electrons. The summed E-state index contributed by atoms with van der Waals surface area (Å²) >= 11 is 0. The fourth-order valence-electron chi connectivity index (χ4n) is 2.07. The molecule has 0 heterocycles. The van der Waals surface area contributed by atoms with E-state index in [4.69, 9.17) is 9.84 Å². The molecule has 21 heavy (non-hydrogen) atoms. The predicted octanol–water partition coefficient (Wildman–Crippen LogP) is 1.74. The molecule has 0 atom stereocenters. The van der Waals surface area contributed by atoms with Gasteiger partial charge in [0.05, 0.1) is 18.4 Å². The molecule has 0 spiro atoms. The number of carbonyl (C=O) groups is 1. The molecule has 0 saturated heterocycles. The van der Waals surface area contributed by atoms with Crippen molar-refractivity contribution in [2.75, 3.05) is 20.2 Å². The number of hydrogen-bond acceptors (Lipinski definition) is 4. The predicted molar refractivity (Wildman–Crippen MR) is 79.1 cm³/mol. The molecule has 0 saturated carbocycles. The lowest BCUT2D eigenvalue weighted by Crippen LogP contribution is -2.32. The van der Waals surface area contributed by atoms with E-state index in [-0.39, 0.29) is 16.9 Å². The molecule has 6 nitrogen and oxygen atoms in total. The monoisotopic (exact) mass is 315 g/mol. The van der Waals surface area contributed by atoms with Gasteiger partial charge in [-0.3, -0.25) is 4.79 Å². The molecule has 0 aromatic heterocycles. The maximum Gasteiger partial charge on any atom is 0.307 e. The van der Waals surface area contributed by atoms with Crippen molar-refractivity contribution in [1.29, 1.82) is 0 Å². The number of rotatable bonds is 8. The highest BCUT2D eigenvalue weighted by atomic mass is 32.2. The lowest BCUT2D eigenvalue weighted by atomic mass is 10.1. The van der Waals surface area contributed by atoms with Crippen LogP contribution in [0.1, 0.15) is 25.8 Å². The third-order valence-electron chi connectivity index (χ3n) is 3.05. The Morgan fingerprint density at radius 1 is 1.33 bits per heavy atom. The van der Waals surface area contributed by atoms with Gasteiger partial charge in [0.1, 0.15) is 5.75 Å². The third-order valence-corrected chi connectivity index (χ3v) is 5.13. The van der Waals surface area contributed by atoms with Crippen LogP contribution >= 0.6 is 0 Å². The van der Waals surface area contributed by atoms with Crippen molar-refractivity contribution < 1.29 is 23.1 Å². The Morgan fingerprint density at radius 3 is 2.48 bits per heavy atom. The number of nitrogens with zero attached hydrogens (tertiary/aromatic N) is 1. The number of ether oxygens (including phenoxy) is 1. The summed E-state index contributed by atoms with van der Waals surface area (Å²) < 4.78 is 31.7. The van der Waals surface area contributed by atoms with E-state index in [9.17, 15) is 13.2 Å². The number of methoxy groups -OCH3 is 1. The highest BCUT2D eigenvalue weighted by Gasteiger charge is 2.26. The Labute approximate surface area is 125 Å². The Hall–Kier alpha value is -1.60. The second kappa shape index (κ2) is 7.42. The minimum Gasteiger partial charge on any atom is -0.497 e. The Kier molecular flexibility index (Phi) is 6.17. The van der Waals surface area contributed by atoms with Gasteiger partial charge in [-0.05, 0) is 30.2 Å². The van der Waals surface area contributed by atoms with Crippen molar-refractivity contribution in [2.45, 2.75) is 31.6 Å². The van der Waals surface area contributed by atoms with Crippen LogP contribution in [0.25, 0.3) is 0 Å². The van der Waals surface area contributed by atoms with Gasteiger partial charge in [-0.15, -0.1) is 0 Å². The fraction of sp³-hybridized carbons (Fsp3) is 0.500.